The summed E-state index contributed by atoms with van der Waals surface area (Å²) in [6.45, 7) is 1.01. The molecule has 18 heavy (non-hydrogen) atoms. The van der Waals surface area contributed by atoms with Gasteiger partial charge in [0, 0.05) is 17.4 Å². The van der Waals surface area contributed by atoms with E-state index in [0.29, 0.717) is 13.3 Å². The topological polar surface area (TPSA) is 57.4 Å². The van der Waals surface area contributed by atoms with E-state index >= 15 is 0 Å². The molecule has 1 aromatic heterocycles. The van der Waals surface area contributed by atoms with Crippen LogP contribution >= 0.6 is 11.3 Å². The molecule has 1 aliphatic rings. The fourth-order valence-electron chi connectivity index (χ4n) is 1.87. The number of nitrogens with zero attached hydrogens (tertiary/aromatic N) is 1. The van der Waals surface area contributed by atoms with Crippen LogP contribution in [-0.4, -0.2) is 18.3 Å². The predicted octanol–water partition coefficient (Wildman–Crippen LogP) is 2.43. The molecule has 2 aromatic rings. The summed E-state index contributed by atoms with van der Waals surface area (Å²) in [7, 11) is 0. The molecule has 2 N–H and O–H groups in total. The lowest BCUT2D eigenvalue weighted by Gasteiger charge is -1.99. The van der Waals surface area contributed by atoms with Gasteiger partial charge in [0.25, 0.3) is 0 Å². The van der Waals surface area contributed by atoms with Gasteiger partial charge in [-0.2, -0.15) is 0 Å². The maximum atomic E-state index is 5.50. The highest BCUT2D eigenvalue weighted by atomic mass is 32.1. The van der Waals surface area contributed by atoms with Gasteiger partial charge in [-0.05, 0) is 31.2 Å². The normalized spacial score (nSPS) is 12.9. The fraction of sp³-hybridized carbons (Fsp3) is 0.308. The summed E-state index contributed by atoms with van der Waals surface area (Å²) in [5.41, 5.74) is 7.56. The van der Waals surface area contributed by atoms with Crippen LogP contribution in [0, 0.1) is 0 Å². The molecule has 0 atom stereocenters. The number of fused-ring (bicyclic) bond motifs is 1. The molecule has 0 radical (unpaired) electrons. The first-order valence-corrected chi connectivity index (χ1v) is 6.79. The second kappa shape index (κ2) is 4.96. The monoisotopic (exact) mass is 262 g/mol. The molecule has 0 fully saturated rings. The third kappa shape index (κ3) is 2.19. The highest BCUT2D eigenvalue weighted by Crippen LogP contribution is 2.36. The van der Waals surface area contributed by atoms with Crippen molar-refractivity contribution >= 4 is 11.3 Å². The summed E-state index contributed by atoms with van der Waals surface area (Å²) >= 11 is 1.68. The molecule has 2 heterocycles. The molecule has 1 aromatic carbocycles. The van der Waals surface area contributed by atoms with Crippen molar-refractivity contribution in [1.82, 2.24) is 4.98 Å². The van der Waals surface area contributed by atoms with Gasteiger partial charge in [0.15, 0.2) is 11.5 Å². The van der Waals surface area contributed by atoms with Gasteiger partial charge in [0.05, 0.1) is 10.7 Å². The van der Waals surface area contributed by atoms with Crippen LogP contribution in [0.2, 0.25) is 0 Å². The molecule has 0 spiro atoms. The molecule has 0 amide bonds. The van der Waals surface area contributed by atoms with Crippen LogP contribution < -0.4 is 15.2 Å². The smallest absolute Gasteiger partial charge is 0.231 e. The highest BCUT2D eigenvalue weighted by molar-refractivity contribution is 7.09. The van der Waals surface area contributed by atoms with E-state index in [-0.39, 0.29) is 0 Å². The Kier molecular flexibility index (Phi) is 3.17. The number of aryl methyl sites for hydroxylation is 1. The Labute approximate surface area is 109 Å². The van der Waals surface area contributed by atoms with Gasteiger partial charge in [-0.1, -0.05) is 0 Å². The van der Waals surface area contributed by atoms with E-state index in [9.17, 15) is 0 Å². The van der Waals surface area contributed by atoms with Crippen molar-refractivity contribution in [3.8, 4) is 22.8 Å². The zero-order valence-corrected chi connectivity index (χ0v) is 10.7. The van der Waals surface area contributed by atoms with E-state index in [2.05, 4.69) is 10.4 Å². The number of ether oxygens (including phenoxy) is 2. The third-order valence-electron chi connectivity index (χ3n) is 2.81. The summed E-state index contributed by atoms with van der Waals surface area (Å²) in [4.78, 5) is 4.61. The van der Waals surface area contributed by atoms with Crippen molar-refractivity contribution in [2.45, 2.75) is 12.8 Å². The van der Waals surface area contributed by atoms with E-state index < -0.39 is 0 Å². The molecule has 4 nitrogen and oxygen atoms in total. The van der Waals surface area contributed by atoms with Crippen LogP contribution in [0.15, 0.2) is 23.6 Å². The Balaban J connectivity index is 1.83. The van der Waals surface area contributed by atoms with Gasteiger partial charge in [-0.15, -0.1) is 11.3 Å². The average molecular weight is 262 g/mol. The van der Waals surface area contributed by atoms with Gasteiger partial charge in [-0.25, -0.2) is 4.98 Å². The van der Waals surface area contributed by atoms with Crippen molar-refractivity contribution < 1.29 is 9.47 Å². The van der Waals surface area contributed by atoms with Crippen molar-refractivity contribution in [3.05, 3.63) is 28.6 Å². The molecular weight excluding hydrogens is 248 g/mol. The highest BCUT2D eigenvalue weighted by Gasteiger charge is 2.14. The van der Waals surface area contributed by atoms with Crippen molar-refractivity contribution in [2.24, 2.45) is 5.73 Å². The van der Waals surface area contributed by atoms with E-state index in [1.165, 1.54) is 0 Å². The summed E-state index contributed by atoms with van der Waals surface area (Å²) in [5, 5.41) is 3.21. The first-order valence-electron chi connectivity index (χ1n) is 5.91. The number of nitrogens with two attached hydrogens (primary N) is 1. The van der Waals surface area contributed by atoms with Gasteiger partial charge < -0.3 is 15.2 Å². The Hall–Kier alpha value is -1.59. The summed E-state index contributed by atoms with van der Waals surface area (Å²) in [6, 6.07) is 5.91. The fourth-order valence-corrected chi connectivity index (χ4v) is 2.72. The first-order chi connectivity index (χ1) is 8.86. The molecule has 0 aliphatic carbocycles. The van der Waals surface area contributed by atoms with E-state index in [0.717, 1.165) is 40.6 Å². The maximum absolute atomic E-state index is 5.50. The van der Waals surface area contributed by atoms with Crippen molar-refractivity contribution in [1.29, 1.82) is 0 Å². The van der Waals surface area contributed by atoms with Gasteiger partial charge in [-0.3, -0.25) is 0 Å². The molecule has 94 valence electrons. The number of thiazole rings is 1. The van der Waals surface area contributed by atoms with Gasteiger partial charge >= 0.3 is 0 Å². The number of hydrogen-bond donors (Lipinski definition) is 1. The number of aromatic nitrogens is 1. The molecule has 1 aliphatic heterocycles. The van der Waals surface area contributed by atoms with Crippen LogP contribution in [0.25, 0.3) is 11.3 Å². The Morgan fingerprint density at radius 2 is 2.17 bits per heavy atom. The SMILES string of the molecule is NCCCc1nc(-c2ccc3c(c2)OCO3)cs1. The lowest BCUT2D eigenvalue weighted by Crippen LogP contribution is -1.99. The number of benzene rings is 1. The maximum Gasteiger partial charge on any atom is 0.231 e. The van der Waals surface area contributed by atoms with Crippen LogP contribution in [-0.2, 0) is 6.42 Å². The largest absolute Gasteiger partial charge is 0.454 e. The molecular formula is C13H14N2O2S. The zero-order chi connectivity index (χ0) is 12.4. The van der Waals surface area contributed by atoms with E-state index in [1.807, 2.05) is 18.2 Å². The summed E-state index contributed by atoms with van der Waals surface area (Å²) in [5.74, 6) is 1.60. The van der Waals surface area contributed by atoms with E-state index in [4.69, 9.17) is 15.2 Å². The molecule has 0 saturated heterocycles. The van der Waals surface area contributed by atoms with Crippen LogP contribution in [0.5, 0.6) is 11.5 Å². The lowest BCUT2D eigenvalue weighted by molar-refractivity contribution is 0.174. The first kappa shape index (κ1) is 11.5. The lowest BCUT2D eigenvalue weighted by atomic mass is 10.1. The Morgan fingerprint density at radius 3 is 3.06 bits per heavy atom. The minimum Gasteiger partial charge on any atom is -0.454 e. The van der Waals surface area contributed by atoms with Gasteiger partial charge in [0.2, 0.25) is 6.79 Å². The second-order valence-corrected chi connectivity index (χ2v) is 5.03. The summed E-state index contributed by atoms with van der Waals surface area (Å²) in [6.07, 6.45) is 1.93. The number of rotatable bonds is 4. The second-order valence-electron chi connectivity index (χ2n) is 4.09. The molecule has 0 saturated carbocycles. The van der Waals surface area contributed by atoms with Crippen LogP contribution in [0.3, 0.4) is 0 Å². The Morgan fingerprint density at radius 1 is 1.28 bits per heavy atom. The van der Waals surface area contributed by atoms with Gasteiger partial charge in [0.1, 0.15) is 0 Å². The van der Waals surface area contributed by atoms with Crippen LogP contribution in [0.1, 0.15) is 11.4 Å². The molecule has 3 rings (SSSR count). The van der Waals surface area contributed by atoms with Crippen LogP contribution in [0.4, 0.5) is 0 Å². The quantitative estimate of drug-likeness (QED) is 0.919. The third-order valence-corrected chi connectivity index (χ3v) is 3.72. The molecule has 5 heteroatoms. The average Bonchev–Trinajstić information content (AvgIpc) is 3.04. The standard InChI is InChI=1S/C13H14N2O2S/c14-5-1-2-13-15-10(7-18-13)9-3-4-11-12(6-9)17-8-16-11/h3-4,6-7H,1-2,5,8,14H2. The van der Waals surface area contributed by atoms with Crippen molar-refractivity contribution in [2.75, 3.05) is 13.3 Å². The minimum absolute atomic E-state index is 0.303. The summed E-state index contributed by atoms with van der Waals surface area (Å²) < 4.78 is 10.7. The Bertz CT molecular complexity index is 554. The molecule has 0 unspecified atom stereocenters. The van der Waals surface area contributed by atoms with E-state index in [1.54, 1.807) is 11.3 Å². The molecule has 0 bridgehead atoms. The van der Waals surface area contributed by atoms with Crippen molar-refractivity contribution in [3.63, 3.8) is 0 Å². The number of hydrogen-bond acceptors (Lipinski definition) is 5. The zero-order valence-electron chi connectivity index (χ0n) is 9.89. The minimum atomic E-state index is 0.303. The predicted molar refractivity (Wildman–Crippen MR) is 71.0 cm³/mol.